The van der Waals surface area contributed by atoms with E-state index in [9.17, 15) is 27.9 Å². The highest BCUT2D eigenvalue weighted by Gasteiger charge is 2.56. The van der Waals surface area contributed by atoms with E-state index in [0.29, 0.717) is 18.5 Å². The maximum absolute atomic E-state index is 13.1. The van der Waals surface area contributed by atoms with Gasteiger partial charge in [-0.3, -0.25) is 9.36 Å². The molecule has 36 heavy (non-hydrogen) atoms. The average molecular weight is 505 g/mol. The van der Waals surface area contributed by atoms with Gasteiger partial charge < -0.3 is 14.9 Å². The number of hydrogen-bond acceptors (Lipinski definition) is 4. The number of aromatic nitrogens is 2. The number of benzene rings is 1. The Balaban J connectivity index is 1.33. The van der Waals surface area contributed by atoms with E-state index < -0.39 is 23.1 Å². The Bertz CT molecular complexity index is 1160. The molecule has 1 N–H and O–H groups in total. The van der Waals surface area contributed by atoms with Crippen LogP contribution < -0.4 is 5.56 Å². The van der Waals surface area contributed by atoms with E-state index in [2.05, 4.69) is 4.98 Å². The molecule has 1 aliphatic carbocycles. The van der Waals surface area contributed by atoms with Crippen molar-refractivity contribution in [3.8, 4) is 11.3 Å². The summed E-state index contributed by atoms with van der Waals surface area (Å²) in [4.78, 5) is 33.4. The standard InChI is InChI=1S/C26H31F3N4O3/c27-26(28,29)20-8-12-31(15-20)23(35)32-13-11-25(36,24(16-32)9-4-5-10-24)17-33-18-30-21(14-22(33)34)19-6-2-1-3-7-19/h1-3,6-7,14,18,20,36H,4-5,8-13,15-17H2/t20?,25-/m1/s1. The molecule has 2 saturated heterocycles. The van der Waals surface area contributed by atoms with Crippen molar-refractivity contribution in [1.29, 1.82) is 0 Å². The Morgan fingerprint density at radius 1 is 1.08 bits per heavy atom. The number of alkyl halides is 3. The van der Waals surface area contributed by atoms with Crippen molar-refractivity contribution in [2.45, 2.75) is 56.8 Å². The Kier molecular flexibility index (Phi) is 6.34. The predicted octanol–water partition coefficient (Wildman–Crippen LogP) is 3.91. The molecule has 1 saturated carbocycles. The number of urea groups is 1. The largest absolute Gasteiger partial charge is 0.393 e. The first-order chi connectivity index (χ1) is 17.1. The van der Waals surface area contributed by atoms with Gasteiger partial charge in [0.25, 0.3) is 5.56 Å². The monoisotopic (exact) mass is 504 g/mol. The van der Waals surface area contributed by atoms with Crippen molar-refractivity contribution in [2.75, 3.05) is 26.2 Å². The Labute approximate surface area is 207 Å². The number of rotatable bonds is 3. The van der Waals surface area contributed by atoms with Crippen molar-refractivity contribution in [1.82, 2.24) is 19.4 Å². The number of likely N-dealkylation sites (tertiary alicyclic amines) is 2. The highest BCUT2D eigenvalue weighted by Crippen LogP contribution is 2.51. The third-order valence-electron chi connectivity index (χ3n) is 8.41. The number of carbonyl (C=O) groups excluding carboxylic acids is 1. The predicted molar refractivity (Wildman–Crippen MR) is 127 cm³/mol. The molecule has 0 radical (unpaired) electrons. The van der Waals surface area contributed by atoms with Gasteiger partial charge in [-0.2, -0.15) is 13.2 Å². The van der Waals surface area contributed by atoms with E-state index in [1.165, 1.54) is 21.9 Å². The highest BCUT2D eigenvalue weighted by molar-refractivity contribution is 5.75. The Morgan fingerprint density at radius 3 is 2.44 bits per heavy atom. The zero-order valence-electron chi connectivity index (χ0n) is 20.1. The topological polar surface area (TPSA) is 78.7 Å². The van der Waals surface area contributed by atoms with Gasteiger partial charge in [0, 0.05) is 43.2 Å². The van der Waals surface area contributed by atoms with Crippen molar-refractivity contribution < 1.29 is 23.1 Å². The summed E-state index contributed by atoms with van der Waals surface area (Å²) in [7, 11) is 0. The van der Waals surface area contributed by atoms with Gasteiger partial charge >= 0.3 is 12.2 Å². The number of aliphatic hydroxyl groups is 1. The average Bonchev–Trinajstić information content (AvgIpc) is 3.54. The molecule has 3 heterocycles. The highest BCUT2D eigenvalue weighted by atomic mass is 19.4. The molecule has 1 aromatic heterocycles. The van der Waals surface area contributed by atoms with E-state index in [1.54, 1.807) is 4.90 Å². The summed E-state index contributed by atoms with van der Waals surface area (Å²) in [6.07, 6.45) is 0.515. The van der Waals surface area contributed by atoms with Crippen LogP contribution in [0.2, 0.25) is 0 Å². The first-order valence-corrected chi connectivity index (χ1v) is 12.6. The summed E-state index contributed by atoms with van der Waals surface area (Å²) in [5.74, 6) is -1.48. The summed E-state index contributed by atoms with van der Waals surface area (Å²) in [5, 5.41) is 11.9. The van der Waals surface area contributed by atoms with E-state index in [0.717, 1.165) is 18.4 Å². The number of amides is 2. The minimum absolute atomic E-state index is 0.0653. The SMILES string of the molecule is O=C(N1CCC(C(F)(F)F)C1)N1CC[C@@](O)(Cn2cnc(-c3ccccc3)cc2=O)C2(CCCC2)C1. The molecule has 1 aromatic carbocycles. The lowest BCUT2D eigenvalue weighted by atomic mass is 9.66. The molecule has 2 aliphatic heterocycles. The molecule has 2 aromatic rings. The molecule has 2 amide bonds. The third-order valence-corrected chi connectivity index (χ3v) is 8.41. The van der Waals surface area contributed by atoms with E-state index in [-0.39, 0.29) is 57.2 Å². The van der Waals surface area contributed by atoms with Crippen LogP contribution in [-0.4, -0.2) is 68.4 Å². The molecular formula is C26H31F3N4O3. The summed E-state index contributed by atoms with van der Waals surface area (Å²) >= 11 is 0. The van der Waals surface area contributed by atoms with Gasteiger partial charge in [-0.05, 0) is 25.7 Å². The van der Waals surface area contributed by atoms with Crippen LogP contribution in [-0.2, 0) is 6.54 Å². The Morgan fingerprint density at radius 2 is 1.81 bits per heavy atom. The fraction of sp³-hybridized carbons (Fsp3) is 0.577. The molecule has 0 bridgehead atoms. The molecule has 5 rings (SSSR count). The van der Waals surface area contributed by atoms with Crippen molar-refractivity contribution in [2.24, 2.45) is 11.3 Å². The molecule has 3 aliphatic rings. The molecule has 1 spiro atoms. The first-order valence-electron chi connectivity index (χ1n) is 12.6. The van der Waals surface area contributed by atoms with E-state index in [1.807, 2.05) is 30.3 Å². The van der Waals surface area contributed by atoms with Gasteiger partial charge in [-0.15, -0.1) is 0 Å². The normalized spacial score (nSPS) is 26.1. The van der Waals surface area contributed by atoms with Gasteiger partial charge in [0.2, 0.25) is 0 Å². The van der Waals surface area contributed by atoms with Crippen LogP contribution in [0.5, 0.6) is 0 Å². The minimum atomic E-state index is -4.30. The van der Waals surface area contributed by atoms with Crippen molar-refractivity contribution >= 4 is 6.03 Å². The first kappa shape index (κ1) is 24.8. The second kappa shape index (κ2) is 9.21. The summed E-state index contributed by atoms with van der Waals surface area (Å²) in [6, 6.07) is 10.4. The maximum atomic E-state index is 13.1. The second-order valence-corrected chi connectivity index (χ2v) is 10.6. The second-order valence-electron chi connectivity index (χ2n) is 10.6. The lowest BCUT2D eigenvalue weighted by Crippen LogP contribution is -2.63. The fourth-order valence-corrected chi connectivity index (χ4v) is 6.26. The quantitative estimate of drug-likeness (QED) is 0.688. The number of piperidine rings is 1. The van der Waals surface area contributed by atoms with E-state index in [4.69, 9.17) is 0 Å². The van der Waals surface area contributed by atoms with Crippen LogP contribution in [0.15, 0.2) is 47.5 Å². The van der Waals surface area contributed by atoms with Crippen LogP contribution in [0.4, 0.5) is 18.0 Å². The van der Waals surface area contributed by atoms with E-state index >= 15 is 0 Å². The Hall–Kier alpha value is -2.88. The summed E-state index contributed by atoms with van der Waals surface area (Å²) < 4.78 is 40.8. The number of nitrogens with zero attached hydrogens (tertiary/aromatic N) is 4. The smallest absolute Gasteiger partial charge is 0.387 e. The lowest BCUT2D eigenvalue weighted by molar-refractivity contribution is -0.170. The van der Waals surface area contributed by atoms with Gasteiger partial charge in [0.05, 0.1) is 30.1 Å². The van der Waals surface area contributed by atoms with Gasteiger partial charge in [-0.1, -0.05) is 43.2 Å². The van der Waals surface area contributed by atoms with Crippen molar-refractivity contribution in [3.63, 3.8) is 0 Å². The van der Waals surface area contributed by atoms with Gasteiger partial charge in [-0.25, -0.2) is 9.78 Å². The maximum Gasteiger partial charge on any atom is 0.393 e. The number of carbonyl (C=O) groups is 1. The minimum Gasteiger partial charge on any atom is -0.387 e. The van der Waals surface area contributed by atoms with Crippen LogP contribution >= 0.6 is 0 Å². The molecule has 194 valence electrons. The molecule has 7 nitrogen and oxygen atoms in total. The van der Waals surface area contributed by atoms with Crippen LogP contribution in [0, 0.1) is 11.3 Å². The third kappa shape index (κ3) is 4.51. The van der Waals surface area contributed by atoms with Crippen LogP contribution in [0.3, 0.4) is 0 Å². The fourth-order valence-electron chi connectivity index (χ4n) is 6.26. The van der Waals surface area contributed by atoms with Gasteiger partial charge in [0.1, 0.15) is 0 Å². The molecule has 2 atom stereocenters. The summed E-state index contributed by atoms with van der Waals surface area (Å²) in [5.41, 5.74) is -0.711. The molecule has 10 heteroatoms. The van der Waals surface area contributed by atoms with Gasteiger partial charge in [0.15, 0.2) is 0 Å². The zero-order chi connectivity index (χ0) is 25.6. The zero-order valence-corrected chi connectivity index (χ0v) is 20.1. The van der Waals surface area contributed by atoms with Crippen LogP contribution in [0.25, 0.3) is 11.3 Å². The molecule has 3 fully saturated rings. The number of hydrogen-bond donors (Lipinski definition) is 1. The summed E-state index contributed by atoms with van der Waals surface area (Å²) in [6.45, 7) is 0.348. The lowest BCUT2D eigenvalue weighted by Gasteiger charge is -2.52. The molecule has 1 unspecified atom stereocenters. The molecular weight excluding hydrogens is 473 g/mol. The van der Waals surface area contributed by atoms with Crippen LogP contribution in [0.1, 0.15) is 38.5 Å². The van der Waals surface area contributed by atoms with Crippen molar-refractivity contribution in [3.05, 3.63) is 53.1 Å². The number of halogens is 3.